The van der Waals surface area contributed by atoms with Crippen molar-refractivity contribution in [1.82, 2.24) is 15.6 Å². The van der Waals surface area contributed by atoms with Crippen LogP contribution in [0.1, 0.15) is 19.3 Å². The van der Waals surface area contributed by atoms with Crippen LogP contribution in [0.5, 0.6) is 5.75 Å². The Bertz CT molecular complexity index is 948. The fourth-order valence-corrected chi connectivity index (χ4v) is 5.06. The molecule has 0 aromatic carbocycles. The standard InChI is InChI=1S/C22H33N5O6Si/c1-34(2,3)7-6-32-13-27-20(29)12-33-17-4-5-18(25-21(17)27)26-11-16(10-19(26)28)23-14-8-15(9-14)24-22(30)31/h4-5,14-16,23-24H,6-13H2,1-3H3,(H,30,31)/t14?,15?,16-/m1/s1. The minimum absolute atomic E-state index is 0.0398. The quantitative estimate of drug-likeness (QED) is 0.351. The Morgan fingerprint density at radius 1 is 1.21 bits per heavy atom. The van der Waals surface area contributed by atoms with Crippen LogP contribution in [0, 0.1) is 0 Å². The molecule has 186 valence electrons. The minimum atomic E-state index is -1.24. The average molecular weight is 492 g/mol. The zero-order valence-electron chi connectivity index (χ0n) is 19.9. The fourth-order valence-electron chi connectivity index (χ4n) is 4.31. The lowest BCUT2D eigenvalue weighted by Gasteiger charge is -2.37. The number of fused-ring (bicyclic) bond motifs is 1. The summed E-state index contributed by atoms with van der Waals surface area (Å²) < 4.78 is 11.3. The molecule has 0 radical (unpaired) electrons. The van der Waals surface area contributed by atoms with Crippen LogP contribution in [0.15, 0.2) is 12.1 Å². The van der Waals surface area contributed by atoms with Crippen molar-refractivity contribution < 1.29 is 29.0 Å². The molecule has 1 atom stereocenters. The monoisotopic (exact) mass is 491 g/mol. The normalized spacial score (nSPS) is 24.5. The van der Waals surface area contributed by atoms with Gasteiger partial charge in [0.05, 0.1) is 0 Å². The molecule has 4 rings (SSSR count). The molecule has 3 aliphatic rings. The van der Waals surface area contributed by atoms with Gasteiger partial charge in [0.25, 0.3) is 5.91 Å². The summed E-state index contributed by atoms with van der Waals surface area (Å²) in [5.74, 6) is 1.05. The Labute approximate surface area is 199 Å². The summed E-state index contributed by atoms with van der Waals surface area (Å²) in [6.07, 6.45) is 0.744. The number of rotatable bonds is 9. The highest BCUT2D eigenvalue weighted by Gasteiger charge is 2.37. The van der Waals surface area contributed by atoms with Gasteiger partial charge < -0.3 is 25.2 Å². The maximum absolute atomic E-state index is 12.7. The lowest BCUT2D eigenvalue weighted by Crippen LogP contribution is -2.54. The maximum Gasteiger partial charge on any atom is 0.404 e. The van der Waals surface area contributed by atoms with Crippen molar-refractivity contribution in [2.75, 3.05) is 36.3 Å². The number of nitrogens with zero attached hydrogens (tertiary/aromatic N) is 3. The Kier molecular flexibility index (Phi) is 7.10. The molecule has 2 fully saturated rings. The molecule has 0 unspecified atom stereocenters. The second-order valence-electron chi connectivity index (χ2n) is 10.3. The molecule has 1 saturated heterocycles. The third-order valence-electron chi connectivity index (χ3n) is 6.29. The molecule has 3 heterocycles. The van der Waals surface area contributed by atoms with Crippen LogP contribution in [0.4, 0.5) is 16.4 Å². The van der Waals surface area contributed by atoms with E-state index in [2.05, 4.69) is 35.3 Å². The van der Waals surface area contributed by atoms with Gasteiger partial charge in [-0.1, -0.05) is 19.6 Å². The zero-order valence-corrected chi connectivity index (χ0v) is 20.9. The van der Waals surface area contributed by atoms with Crippen LogP contribution in [-0.4, -0.2) is 80.7 Å². The molecule has 2 aliphatic heterocycles. The van der Waals surface area contributed by atoms with Crippen LogP contribution in [0.3, 0.4) is 0 Å². The van der Waals surface area contributed by atoms with Crippen LogP contribution in [0.25, 0.3) is 0 Å². The summed E-state index contributed by atoms with van der Waals surface area (Å²) in [7, 11) is -1.24. The summed E-state index contributed by atoms with van der Waals surface area (Å²) >= 11 is 0. The number of hydrogen-bond acceptors (Lipinski definition) is 7. The summed E-state index contributed by atoms with van der Waals surface area (Å²) in [5, 5.41) is 14.7. The molecule has 0 bridgehead atoms. The van der Waals surface area contributed by atoms with Gasteiger partial charge in [0.2, 0.25) is 5.91 Å². The number of anilines is 2. The minimum Gasteiger partial charge on any atom is -0.480 e. The first-order valence-corrected chi connectivity index (χ1v) is 15.4. The van der Waals surface area contributed by atoms with E-state index in [0.29, 0.717) is 49.8 Å². The van der Waals surface area contributed by atoms with Crippen molar-refractivity contribution in [2.45, 2.75) is 63.1 Å². The van der Waals surface area contributed by atoms with E-state index in [1.807, 2.05) is 0 Å². The Hall–Kier alpha value is -2.70. The van der Waals surface area contributed by atoms with Crippen LogP contribution in [-0.2, 0) is 14.3 Å². The molecular weight excluding hydrogens is 458 g/mol. The molecule has 0 spiro atoms. The van der Waals surface area contributed by atoms with Crippen molar-refractivity contribution in [1.29, 1.82) is 0 Å². The van der Waals surface area contributed by atoms with E-state index < -0.39 is 14.2 Å². The van der Waals surface area contributed by atoms with Crippen molar-refractivity contribution in [3.63, 3.8) is 0 Å². The van der Waals surface area contributed by atoms with Crippen LogP contribution < -0.4 is 25.2 Å². The van der Waals surface area contributed by atoms with Gasteiger partial charge in [-0.05, 0) is 31.0 Å². The van der Waals surface area contributed by atoms with Crippen molar-refractivity contribution in [3.05, 3.63) is 12.1 Å². The maximum atomic E-state index is 12.7. The smallest absolute Gasteiger partial charge is 0.404 e. The lowest BCUT2D eigenvalue weighted by molar-refractivity contribution is -0.122. The molecule has 1 aliphatic carbocycles. The molecule has 12 heteroatoms. The number of carbonyl (C=O) groups excluding carboxylic acids is 2. The predicted molar refractivity (Wildman–Crippen MR) is 128 cm³/mol. The summed E-state index contributed by atoms with van der Waals surface area (Å²) in [5.41, 5.74) is 0. The number of aromatic nitrogens is 1. The van der Waals surface area contributed by atoms with E-state index in [4.69, 9.17) is 14.6 Å². The Balaban J connectivity index is 1.37. The van der Waals surface area contributed by atoms with Gasteiger partial charge in [-0.2, -0.15) is 0 Å². The highest BCUT2D eigenvalue weighted by molar-refractivity contribution is 6.76. The first kappa shape index (κ1) is 24.4. The lowest BCUT2D eigenvalue weighted by atomic mass is 9.86. The second-order valence-corrected chi connectivity index (χ2v) is 16.0. The van der Waals surface area contributed by atoms with Gasteiger partial charge in [-0.25, -0.2) is 9.78 Å². The number of hydrogen-bond donors (Lipinski definition) is 3. The van der Waals surface area contributed by atoms with Crippen molar-refractivity contribution >= 4 is 37.6 Å². The number of pyridine rings is 1. The van der Waals surface area contributed by atoms with Gasteiger partial charge in [0.1, 0.15) is 12.5 Å². The van der Waals surface area contributed by atoms with E-state index in [-0.39, 0.29) is 43.3 Å². The third kappa shape index (κ3) is 5.86. The molecule has 1 aromatic rings. The van der Waals surface area contributed by atoms with Gasteiger partial charge >= 0.3 is 6.09 Å². The van der Waals surface area contributed by atoms with Gasteiger partial charge in [0.15, 0.2) is 18.2 Å². The summed E-state index contributed by atoms with van der Waals surface area (Å²) in [6.45, 7) is 7.87. The highest BCUT2D eigenvalue weighted by atomic mass is 28.3. The van der Waals surface area contributed by atoms with Crippen molar-refractivity contribution in [2.24, 2.45) is 0 Å². The first-order chi connectivity index (χ1) is 16.1. The predicted octanol–water partition coefficient (Wildman–Crippen LogP) is 1.61. The highest BCUT2D eigenvalue weighted by Crippen LogP contribution is 2.34. The first-order valence-electron chi connectivity index (χ1n) is 11.7. The van der Waals surface area contributed by atoms with E-state index in [1.54, 1.807) is 17.0 Å². The van der Waals surface area contributed by atoms with E-state index in [9.17, 15) is 14.4 Å². The number of ether oxygens (including phenoxy) is 2. The SMILES string of the molecule is C[Si](C)(C)CCOCN1C(=O)COc2ccc(N3C[C@H](NC4CC(NC(=O)O)C4)CC3=O)nc21. The van der Waals surface area contributed by atoms with Crippen LogP contribution >= 0.6 is 0 Å². The Morgan fingerprint density at radius 2 is 1.97 bits per heavy atom. The van der Waals surface area contributed by atoms with Gasteiger partial charge in [-0.3, -0.25) is 19.4 Å². The van der Waals surface area contributed by atoms with E-state index in [1.165, 1.54) is 4.90 Å². The Morgan fingerprint density at radius 3 is 2.68 bits per heavy atom. The molecule has 3 N–H and O–H groups in total. The van der Waals surface area contributed by atoms with Gasteiger partial charge in [0, 0.05) is 45.8 Å². The molecule has 34 heavy (non-hydrogen) atoms. The average Bonchev–Trinajstić information content (AvgIpc) is 3.09. The van der Waals surface area contributed by atoms with Crippen LogP contribution in [0.2, 0.25) is 25.7 Å². The summed E-state index contributed by atoms with van der Waals surface area (Å²) in [4.78, 5) is 43.7. The molecular formula is C22H33N5O6Si. The van der Waals surface area contributed by atoms with Gasteiger partial charge in [-0.15, -0.1) is 0 Å². The number of nitrogens with one attached hydrogen (secondary N) is 2. The molecule has 1 saturated carbocycles. The van der Waals surface area contributed by atoms with E-state index in [0.717, 1.165) is 6.04 Å². The third-order valence-corrected chi connectivity index (χ3v) is 7.99. The molecule has 1 aromatic heterocycles. The largest absolute Gasteiger partial charge is 0.480 e. The zero-order chi connectivity index (χ0) is 24.5. The summed E-state index contributed by atoms with van der Waals surface area (Å²) in [6, 6.07) is 4.57. The second kappa shape index (κ2) is 9.88. The topological polar surface area (TPSA) is 133 Å². The number of carbonyl (C=O) groups is 3. The number of amides is 3. The van der Waals surface area contributed by atoms with Crippen molar-refractivity contribution in [3.8, 4) is 5.75 Å². The number of carboxylic acid groups (broad SMARTS) is 1. The molecule has 11 nitrogen and oxygen atoms in total. The van der Waals surface area contributed by atoms with E-state index >= 15 is 0 Å². The fraction of sp³-hybridized carbons (Fsp3) is 0.636. The molecule has 3 amide bonds.